The van der Waals surface area contributed by atoms with E-state index in [1.165, 1.54) is 16.8 Å². The number of nitrogens with zero attached hydrogens (tertiary/aromatic N) is 3. The fraction of sp³-hybridized carbons (Fsp3) is 0.333. The topological polar surface area (TPSA) is 105 Å². The normalized spacial score (nSPS) is 10.9. The van der Waals surface area contributed by atoms with E-state index in [9.17, 15) is 14.7 Å². The van der Waals surface area contributed by atoms with Gasteiger partial charge in [-0.25, -0.2) is 14.3 Å². The van der Waals surface area contributed by atoms with Crippen molar-refractivity contribution in [1.82, 2.24) is 15.0 Å². The van der Waals surface area contributed by atoms with Crippen molar-refractivity contribution in [2.45, 2.75) is 32.6 Å². The molecule has 0 saturated heterocycles. The number of hydrogen-bond acceptors (Lipinski definition) is 4. The predicted octanol–water partition coefficient (Wildman–Crippen LogP) is 2.57. The van der Waals surface area contributed by atoms with Crippen LogP contribution in [0.3, 0.4) is 0 Å². The summed E-state index contributed by atoms with van der Waals surface area (Å²) in [6, 6.07) is 6.10. The molecule has 7 nitrogen and oxygen atoms in total. The van der Waals surface area contributed by atoms with E-state index in [0.29, 0.717) is 11.4 Å². The van der Waals surface area contributed by atoms with Gasteiger partial charge < -0.3 is 10.2 Å². The van der Waals surface area contributed by atoms with E-state index in [1.807, 2.05) is 13.8 Å². The summed E-state index contributed by atoms with van der Waals surface area (Å²) in [5, 5.41) is 25.9. The average molecular weight is 303 g/mol. The second kappa shape index (κ2) is 6.38. The molecule has 116 valence electrons. The highest BCUT2D eigenvalue weighted by Gasteiger charge is 2.25. The Morgan fingerprint density at radius 1 is 1.09 bits per heavy atom. The molecule has 0 atom stereocenters. The summed E-state index contributed by atoms with van der Waals surface area (Å²) in [6.45, 7) is 3.95. The molecular formula is C15H17N3O4. The molecule has 0 aliphatic heterocycles. The third kappa shape index (κ3) is 2.83. The number of aromatic carboxylic acids is 2. The van der Waals surface area contributed by atoms with Crippen LogP contribution >= 0.6 is 0 Å². The third-order valence-corrected chi connectivity index (χ3v) is 3.64. The van der Waals surface area contributed by atoms with Crippen LogP contribution in [0.1, 0.15) is 59.1 Å². The van der Waals surface area contributed by atoms with Gasteiger partial charge in [0.25, 0.3) is 0 Å². The molecule has 0 spiro atoms. The first-order chi connectivity index (χ1) is 10.5. The summed E-state index contributed by atoms with van der Waals surface area (Å²) in [5.74, 6) is -2.12. The van der Waals surface area contributed by atoms with E-state index < -0.39 is 11.9 Å². The lowest BCUT2D eigenvalue weighted by Gasteiger charge is -2.15. The van der Waals surface area contributed by atoms with Crippen molar-refractivity contribution in [2.75, 3.05) is 0 Å². The van der Waals surface area contributed by atoms with Gasteiger partial charge in [-0.1, -0.05) is 19.1 Å². The Kier molecular flexibility index (Phi) is 4.55. The molecule has 1 aromatic heterocycles. The van der Waals surface area contributed by atoms with Gasteiger partial charge in [-0.2, -0.15) is 0 Å². The monoisotopic (exact) mass is 303 g/mol. The van der Waals surface area contributed by atoms with Gasteiger partial charge in [-0.15, -0.1) is 5.10 Å². The number of aromatic nitrogens is 3. The van der Waals surface area contributed by atoms with Crippen molar-refractivity contribution in [2.24, 2.45) is 0 Å². The highest BCUT2D eigenvalue weighted by Crippen LogP contribution is 2.27. The summed E-state index contributed by atoms with van der Waals surface area (Å²) in [4.78, 5) is 22.3. The molecule has 0 amide bonds. The summed E-state index contributed by atoms with van der Waals surface area (Å²) in [5.41, 5.74) is 1.23. The van der Waals surface area contributed by atoms with Crippen LogP contribution < -0.4 is 0 Å². The fourth-order valence-corrected chi connectivity index (χ4v) is 2.42. The van der Waals surface area contributed by atoms with Gasteiger partial charge in [0.15, 0.2) is 5.69 Å². The lowest BCUT2D eigenvalue weighted by Crippen LogP contribution is -2.11. The number of hydrogen-bond donors (Lipinski definition) is 2. The van der Waals surface area contributed by atoms with Crippen LogP contribution in [0, 0.1) is 0 Å². The highest BCUT2D eigenvalue weighted by atomic mass is 16.4. The SMILES string of the molecule is CCC(CC)c1c(C(=O)O)nnn1-c1ccc(C(=O)O)cc1. The predicted molar refractivity (Wildman–Crippen MR) is 78.6 cm³/mol. The maximum Gasteiger partial charge on any atom is 0.358 e. The van der Waals surface area contributed by atoms with E-state index in [0.717, 1.165) is 12.8 Å². The van der Waals surface area contributed by atoms with Gasteiger partial charge in [0, 0.05) is 5.92 Å². The van der Waals surface area contributed by atoms with Crippen molar-refractivity contribution >= 4 is 11.9 Å². The molecule has 0 fully saturated rings. The Hall–Kier alpha value is -2.70. The fourth-order valence-electron chi connectivity index (χ4n) is 2.42. The number of rotatable bonds is 6. The molecule has 22 heavy (non-hydrogen) atoms. The first kappa shape index (κ1) is 15.7. The van der Waals surface area contributed by atoms with Crippen molar-refractivity contribution in [3.63, 3.8) is 0 Å². The van der Waals surface area contributed by atoms with Crippen LogP contribution in [-0.2, 0) is 0 Å². The highest BCUT2D eigenvalue weighted by molar-refractivity contribution is 5.88. The summed E-state index contributed by atoms with van der Waals surface area (Å²) in [7, 11) is 0. The number of carboxylic acids is 2. The molecule has 0 radical (unpaired) electrons. The van der Waals surface area contributed by atoms with E-state index in [1.54, 1.807) is 12.1 Å². The molecule has 0 unspecified atom stereocenters. The van der Waals surface area contributed by atoms with Crippen LogP contribution in [0.15, 0.2) is 24.3 Å². The van der Waals surface area contributed by atoms with Crippen LogP contribution in [0.5, 0.6) is 0 Å². The molecule has 2 aromatic rings. The minimum atomic E-state index is -1.12. The Bertz CT molecular complexity index is 687. The third-order valence-electron chi connectivity index (χ3n) is 3.64. The number of carboxylic acid groups (broad SMARTS) is 2. The largest absolute Gasteiger partial charge is 0.478 e. The van der Waals surface area contributed by atoms with Crippen molar-refractivity contribution in [1.29, 1.82) is 0 Å². The number of carbonyl (C=O) groups is 2. The Labute approximate surface area is 127 Å². The van der Waals surface area contributed by atoms with Gasteiger partial charge in [0.1, 0.15) is 0 Å². The zero-order chi connectivity index (χ0) is 16.3. The van der Waals surface area contributed by atoms with Crippen LogP contribution in [-0.4, -0.2) is 37.1 Å². The van der Waals surface area contributed by atoms with E-state index >= 15 is 0 Å². The second-order valence-corrected chi connectivity index (χ2v) is 4.91. The molecule has 0 aliphatic carbocycles. The maximum atomic E-state index is 11.4. The Balaban J connectivity index is 2.55. The van der Waals surface area contributed by atoms with Crippen molar-refractivity contribution in [3.8, 4) is 5.69 Å². The first-order valence-electron chi connectivity index (χ1n) is 7.02. The lowest BCUT2D eigenvalue weighted by atomic mass is 9.97. The molecule has 1 aromatic carbocycles. The smallest absolute Gasteiger partial charge is 0.358 e. The zero-order valence-corrected chi connectivity index (χ0v) is 12.4. The molecule has 2 N–H and O–H groups in total. The van der Waals surface area contributed by atoms with Crippen molar-refractivity contribution in [3.05, 3.63) is 41.2 Å². The molecule has 0 aliphatic rings. The molecular weight excluding hydrogens is 286 g/mol. The van der Waals surface area contributed by atoms with Crippen LogP contribution in [0.2, 0.25) is 0 Å². The summed E-state index contributed by atoms with van der Waals surface area (Å²) in [6.07, 6.45) is 1.52. The quantitative estimate of drug-likeness (QED) is 0.849. The van der Waals surface area contributed by atoms with Gasteiger partial charge in [-0.05, 0) is 37.1 Å². The van der Waals surface area contributed by atoms with Gasteiger partial charge in [0.05, 0.1) is 16.9 Å². The van der Waals surface area contributed by atoms with Gasteiger partial charge >= 0.3 is 11.9 Å². The molecule has 1 heterocycles. The average Bonchev–Trinajstić information content (AvgIpc) is 2.94. The van der Waals surface area contributed by atoms with Gasteiger partial charge in [0.2, 0.25) is 0 Å². The molecule has 0 saturated carbocycles. The summed E-state index contributed by atoms with van der Waals surface area (Å²) >= 11 is 0. The lowest BCUT2D eigenvalue weighted by molar-refractivity contribution is 0.0681. The first-order valence-corrected chi connectivity index (χ1v) is 7.02. The van der Waals surface area contributed by atoms with Crippen molar-refractivity contribution < 1.29 is 19.8 Å². The summed E-state index contributed by atoms with van der Waals surface area (Å²) < 4.78 is 1.48. The minimum absolute atomic E-state index is 0.0141. The molecule has 0 bridgehead atoms. The van der Waals surface area contributed by atoms with Gasteiger partial charge in [-0.3, -0.25) is 0 Å². The molecule has 7 heteroatoms. The number of benzene rings is 1. The van der Waals surface area contributed by atoms with E-state index in [2.05, 4.69) is 10.3 Å². The maximum absolute atomic E-state index is 11.4. The zero-order valence-electron chi connectivity index (χ0n) is 12.4. The van der Waals surface area contributed by atoms with E-state index in [-0.39, 0.29) is 17.2 Å². The van der Waals surface area contributed by atoms with E-state index in [4.69, 9.17) is 5.11 Å². The minimum Gasteiger partial charge on any atom is -0.478 e. The Morgan fingerprint density at radius 2 is 1.68 bits per heavy atom. The standard InChI is InChI=1S/C15H17N3O4/c1-3-9(4-2)13-12(15(21)22)16-17-18(13)11-7-5-10(6-8-11)14(19)20/h5-9H,3-4H2,1-2H3,(H,19,20)(H,21,22). The Morgan fingerprint density at radius 3 is 2.14 bits per heavy atom. The molecule has 2 rings (SSSR count). The van der Waals surface area contributed by atoms with Crippen LogP contribution in [0.4, 0.5) is 0 Å². The second-order valence-electron chi connectivity index (χ2n) is 4.91. The van der Waals surface area contributed by atoms with Crippen LogP contribution in [0.25, 0.3) is 5.69 Å².